The van der Waals surface area contributed by atoms with Crippen LogP contribution in [0.3, 0.4) is 0 Å². The molecule has 0 aromatic heterocycles. The van der Waals surface area contributed by atoms with Crippen LogP contribution in [0, 0.1) is 17.8 Å². The summed E-state index contributed by atoms with van der Waals surface area (Å²) in [4.78, 5) is 12.0. The van der Waals surface area contributed by atoms with Crippen LogP contribution < -0.4 is 0 Å². The highest BCUT2D eigenvalue weighted by molar-refractivity contribution is 8.00. The van der Waals surface area contributed by atoms with Gasteiger partial charge < -0.3 is 18.9 Å². The average Bonchev–Trinajstić information content (AvgIpc) is 2.93. The lowest BCUT2D eigenvalue weighted by Crippen LogP contribution is -2.36. The van der Waals surface area contributed by atoms with Gasteiger partial charge >= 0.3 is 6.16 Å². The van der Waals surface area contributed by atoms with E-state index < -0.39 is 6.16 Å². The summed E-state index contributed by atoms with van der Waals surface area (Å²) in [5.41, 5.74) is -0.163. The Balaban J connectivity index is 1.75. The van der Waals surface area contributed by atoms with Gasteiger partial charge in [-0.2, -0.15) is 0 Å². The summed E-state index contributed by atoms with van der Waals surface area (Å²) in [7, 11) is 1.61. The summed E-state index contributed by atoms with van der Waals surface area (Å²) >= 11 is 1.59. The topological polar surface area (TPSA) is 54.0 Å². The van der Waals surface area contributed by atoms with Gasteiger partial charge in [-0.3, -0.25) is 0 Å². The van der Waals surface area contributed by atoms with E-state index in [0.29, 0.717) is 17.8 Å². The predicted molar refractivity (Wildman–Crippen MR) is 85.7 cm³/mol. The molecule has 0 bridgehead atoms. The van der Waals surface area contributed by atoms with Gasteiger partial charge in [-0.05, 0) is 30.6 Å². The lowest BCUT2D eigenvalue weighted by molar-refractivity contribution is -0.118. The first kappa shape index (κ1) is 17.9. The minimum absolute atomic E-state index is 0.0277. The van der Waals surface area contributed by atoms with Crippen LogP contribution in [0.1, 0.15) is 40.0 Å². The predicted octanol–water partition coefficient (Wildman–Crippen LogP) is 3.66. The number of carbonyl (C=O) groups is 1. The van der Waals surface area contributed by atoms with E-state index in [1.807, 2.05) is 0 Å². The standard InChI is InChI=1S/C16H28O5S/c1-10(2)12-6-5-11(3)7-13(12)20-16(17)19-8-15-21-14(18-4)9-22-15/h10-15H,5-9H2,1-4H3/t11-,12+,13-,14?,15-/m1/s1. The van der Waals surface area contributed by atoms with Crippen molar-refractivity contribution in [3.63, 3.8) is 0 Å². The average molecular weight is 332 g/mol. The molecule has 1 saturated carbocycles. The molecule has 1 aliphatic carbocycles. The Morgan fingerprint density at radius 2 is 2.14 bits per heavy atom. The third kappa shape index (κ3) is 5.03. The summed E-state index contributed by atoms with van der Waals surface area (Å²) in [5, 5.41) is 0. The minimum atomic E-state index is -0.574. The molecule has 5 atom stereocenters. The molecule has 2 rings (SSSR count). The molecule has 0 radical (unpaired) electrons. The first-order valence-corrected chi connectivity index (χ1v) is 9.17. The van der Waals surface area contributed by atoms with Crippen LogP contribution >= 0.6 is 11.8 Å². The van der Waals surface area contributed by atoms with E-state index in [0.717, 1.165) is 18.6 Å². The molecule has 22 heavy (non-hydrogen) atoms. The van der Waals surface area contributed by atoms with Gasteiger partial charge in [0.05, 0.1) is 0 Å². The molecule has 2 fully saturated rings. The zero-order valence-electron chi connectivity index (χ0n) is 13.9. The molecule has 0 aromatic carbocycles. The van der Waals surface area contributed by atoms with E-state index in [2.05, 4.69) is 20.8 Å². The Morgan fingerprint density at radius 3 is 2.77 bits per heavy atom. The fraction of sp³-hybridized carbons (Fsp3) is 0.938. The van der Waals surface area contributed by atoms with Gasteiger partial charge in [0.25, 0.3) is 0 Å². The summed E-state index contributed by atoms with van der Waals surface area (Å²) in [6.07, 6.45) is 2.45. The van der Waals surface area contributed by atoms with E-state index in [-0.39, 0.29) is 24.4 Å². The van der Waals surface area contributed by atoms with Gasteiger partial charge in [-0.25, -0.2) is 4.79 Å². The van der Waals surface area contributed by atoms with E-state index in [4.69, 9.17) is 18.9 Å². The zero-order valence-corrected chi connectivity index (χ0v) is 14.8. The van der Waals surface area contributed by atoms with Crippen molar-refractivity contribution in [2.24, 2.45) is 17.8 Å². The summed E-state index contributed by atoms with van der Waals surface area (Å²) < 4.78 is 21.5. The largest absolute Gasteiger partial charge is 0.508 e. The van der Waals surface area contributed by atoms with E-state index in [1.54, 1.807) is 18.9 Å². The van der Waals surface area contributed by atoms with Crippen LogP contribution in [0.15, 0.2) is 0 Å². The van der Waals surface area contributed by atoms with Crippen molar-refractivity contribution >= 4 is 17.9 Å². The number of hydrogen-bond acceptors (Lipinski definition) is 6. The summed E-state index contributed by atoms with van der Waals surface area (Å²) in [6, 6.07) is 0. The maximum Gasteiger partial charge on any atom is 0.508 e. The van der Waals surface area contributed by atoms with Gasteiger partial charge in [-0.15, -0.1) is 11.8 Å². The van der Waals surface area contributed by atoms with Gasteiger partial charge in [-0.1, -0.05) is 27.2 Å². The SMILES string of the molecule is COC1CS[C@H](COC(=O)O[C@@H]2C[C@H](C)CC[C@H]2C(C)C)O1. The van der Waals surface area contributed by atoms with Crippen molar-refractivity contribution in [2.45, 2.75) is 57.9 Å². The molecule has 0 aromatic rings. The van der Waals surface area contributed by atoms with E-state index in [9.17, 15) is 4.79 Å². The molecule has 1 unspecified atom stereocenters. The Hall–Kier alpha value is -0.460. The van der Waals surface area contributed by atoms with Crippen LogP contribution in [0.5, 0.6) is 0 Å². The maximum absolute atomic E-state index is 12.0. The number of thioether (sulfide) groups is 1. The summed E-state index contributed by atoms with van der Waals surface area (Å²) in [6.45, 7) is 6.80. The second kappa shape index (κ2) is 8.41. The van der Waals surface area contributed by atoms with Gasteiger partial charge in [0.2, 0.25) is 0 Å². The number of hydrogen-bond donors (Lipinski definition) is 0. The second-order valence-corrected chi connectivity index (χ2v) is 7.80. The maximum atomic E-state index is 12.0. The van der Waals surface area contributed by atoms with Crippen molar-refractivity contribution in [2.75, 3.05) is 19.5 Å². The first-order valence-electron chi connectivity index (χ1n) is 8.12. The fourth-order valence-corrected chi connectivity index (χ4v) is 4.14. The van der Waals surface area contributed by atoms with Crippen LogP contribution in [0.2, 0.25) is 0 Å². The molecular weight excluding hydrogens is 304 g/mol. The second-order valence-electron chi connectivity index (χ2n) is 6.61. The minimum Gasteiger partial charge on any atom is -0.431 e. The van der Waals surface area contributed by atoms with Crippen molar-refractivity contribution in [3.8, 4) is 0 Å². The fourth-order valence-electron chi connectivity index (χ4n) is 3.19. The Bertz CT molecular complexity index is 362. The van der Waals surface area contributed by atoms with E-state index in [1.165, 1.54) is 6.42 Å². The first-order chi connectivity index (χ1) is 10.5. The van der Waals surface area contributed by atoms with Crippen molar-refractivity contribution < 1.29 is 23.7 Å². The van der Waals surface area contributed by atoms with Crippen molar-refractivity contribution in [3.05, 3.63) is 0 Å². The number of rotatable bonds is 5. The monoisotopic (exact) mass is 332 g/mol. The normalized spacial score (nSPS) is 35.6. The van der Waals surface area contributed by atoms with Crippen LogP contribution in [0.4, 0.5) is 4.79 Å². The molecule has 2 aliphatic rings. The van der Waals surface area contributed by atoms with Crippen LogP contribution in [-0.2, 0) is 18.9 Å². The van der Waals surface area contributed by atoms with Crippen LogP contribution in [0.25, 0.3) is 0 Å². The number of ether oxygens (including phenoxy) is 4. The number of carbonyl (C=O) groups excluding carboxylic acids is 1. The van der Waals surface area contributed by atoms with Gasteiger partial charge in [0.15, 0.2) is 6.29 Å². The van der Waals surface area contributed by atoms with Gasteiger partial charge in [0, 0.05) is 12.9 Å². The van der Waals surface area contributed by atoms with Gasteiger partial charge in [0.1, 0.15) is 18.1 Å². The Morgan fingerprint density at radius 1 is 1.36 bits per heavy atom. The highest BCUT2D eigenvalue weighted by atomic mass is 32.2. The van der Waals surface area contributed by atoms with E-state index >= 15 is 0 Å². The highest BCUT2D eigenvalue weighted by Crippen LogP contribution is 2.35. The zero-order chi connectivity index (χ0) is 16.1. The lowest BCUT2D eigenvalue weighted by Gasteiger charge is -2.36. The van der Waals surface area contributed by atoms with Crippen molar-refractivity contribution in [1.82, 2.24) is 0 Å². The molecule has 5 nitrogen and oxygen atoms in total. The third-order valence-electron chi connectivity index (χ3n) is 4.53. The Labute approximate surface area is 137 Å². The van der Waals surface area contributed by atoms with Crippen molar-refractivity contribution in [1.29, 1.82) is 0 Å². The molecule has 0 spiro atoms. The molecule has 1 aliphatic heterocycles. The van der Waals surface area contributed by atoms with Crippen LogP contribution in [-0.4, -0.2) is 43.5 Å². The molecule has 1 saturated heterocycles. The quantitative estimate of drug-likeness (QED) is 0.716. The summed E-state index contributed by atoms with van der Waals surface area (Å²) in [5.74, 6) is 2.30. The molecular formula is C16H28O5S. The molecule has 128 valence electrons. The number of methoxy groups -OCH3 is 1. The lowest BCUT2D eigenvalue weighted by atomic mass is 9.75. The molecule has 0 N–H and O–H groups in total. The Kier molecular flexibility index (Phi) is 6.84. The third-order valence-corrected chi connectivity index (χ3v) is 5.61. The molecule has 0 amide bonds. The molecule has 1 heterocycles. The molecule has 6 heteroatoms. The smallest absolute Gasteiger partial charge is 0.431 e. The highest BCUT2D eigenvalue weighted by Gasteiger charge is 2.34.